The molecule has 6 heteroatoms. The molecular weight excluding hydrogens is 308 g/mol. The number of hydrogen-bond acceptors (Lipinski definition) is 4. The number of anilines is 1. The lowest BCUT2D eigenvalue weighted by Crippen LogP contribution is -2.42. The average Bonchev–Trinajstić information content (AvgIpc) is 2.55. The highest BCUT2D eigenvalue weighted by Crippen LogP contribution is 2.17. The second kappa shape index (κ2) is 8.47. The lowest BCUT2D eigenvalue weighted by molar-refractivity contribution is -0.130. The zero-order valence-corrected chi connectivity index (χ0v) is 14.1. The van der Waals surface area contributed by atoms with Gasteiger partial charge in [-0.15, -0.1) is 0 Å². The minimum absolute atomic E-state index is 0.182. The van der Waals surface area contributed by atoms with Crippen molar-refractivity contribution in [3.63, 3.8) is 0 Å². The Morgan fingerprint density at radius 3 is 2.29 bits per heavy atom. The molecule has 0 aromatic heterocycles. The summed E-state index contributed by atoms with van der Waals surface area (Å²) in [4.78, 5) is 35.2. The van der Waals surface area contributed by atoms with E-state index in [9.17, 15) is 14.4 Å². The lowest BCUT2D eigenvalue weighted by atomic mass is 9.95. The largest absolute Gasteiger partial charge is 0.449 e. The van der Waals surface area contributed by atoms with Crippen LogP contribution < -0.4 is 10.6 Å². The van der Waals surface area contributed by atoms with Gasteiger partial charge < -0.3 is 15.4 Å². The zero-order valence-electron chi connectivity index (χ0n) is 14.1. The molecule has 1 aliphatic carbocycles. The second-order valence-corrected chi connectivity index (χ2v) is 6.15. The third-order valence-corrected chi connectivity index (χ3v) is 4.05. The van der Waals surface area contributed by atoms with Crippen LogP contribution in [-0.4, -0.2) is 29.9 Å². The molecule has 1 saturated carbocycles. The first-order chi connectivity index (χ1) is 11.5. The summed E-state index contributed by atoms with van der Waals surface area (Å²) >= 11 is 0. The molecule has 2 N–H and O–H groups in total. The summed E-state index contributed by atoms with van der Waals surface area (Å²) in [6.45, 7) is 2.98. The van der Waals surface area contributed by atoms with Crippen molar-refractivity contribution in [2.24, 2.45) is 0 Å². The van der Waals surface area contributed by atoms with Crippen LogP contribution in [0.4, 0.5) is 5.69 Å². The smallest absolute Gasteiger partial charge is 0.338 e. The molecule has 0 heterocycles. The number of ether oxygens (including phenoxy) is 1. The molecule has 1 aromatic rings. The van der Waals surface area contributed by atoms with Gasteiger partial charge >= 0.3 is 5.97 Å². The predicted octanol–water partition coefficient (Wildman–Crippen LogP) is 2.64. The van der Waals surface area contributed by atoms with Crippen LogP contribution in [0.5, 0.6) is 0 Å². The molecule has 0 spiro atoms. The topological polar surface area (TPSA) is 84.5 Å². The Morgan fingerprint density at radius 2 is 1.71 bits per heavy atom. The van der Waals surface area contributed by atoms with Crippen LogP contribution in [0.15, 0.2) is 24.3 Å². The van der Waals surface area contributed by atoms with Crippen LogP contribution >= 0.6 is 0 Å². The summed E-state index contributed by atoms with van der Waals surface area (Å²) < 4.78 is 5.22. The second-order valence-electron chi connectivity index (χ2n) is 6.15. The number of carbonyl (C=O) groups is 3. The van der Waals surface area contributed by atoms with Gasteiger partial charge in [-0.1, -0.05) is 19.3 Å². The van der Waals surface area contributed by atoms with Gasteiger partial charge in [-0.25, -0.2) is 4.79 Å². The van der Waals surface area contributed by atoms with Crippen molar-refractivity contribution in [1.29, 1.82) is 0 Å². The van der Waals surface area contributed by atoms with E-state index < -0.39 is 12.1 Å². The van der Waals surface area contributed by atoms with Crippen molar-refractivity contribution in [2.45, 2.75) is 58.1 Å². The number of carbonyl (C=O) groups excluding carboxylic acids is 3. The lowest BCUT2D eigenvalue weighted by Gasteiger charge is -2.24. The molecule has 0 saturated heterocycles. The van der Waals surface area contributed by atoms with Gasteiger partial charge in [-0.2, -0.15) is 0 Å². The highest BCUT2D eigenvalue weighted by atomic mass is 16.5. The summed E-state index contributed by atoms with van der Waals surface area (Å²) in [5.41, 5.74) is 0.934. The number of nitrogens with one attached hydrogen (secondary N) is 2. The number of hydrogen-bond donors (Lipinski definition) is 2. The van der Waals surface area contributed by atoms with Gasteiger partial charge in [0.2, 0.25) is 5.91 Å². The molecular formula is C18H24N2O4. The normalized spacial score (nSPS) is 16.1. The SMILES string of the molecule is CC(=O)Nc1ccc(C(=O)O[C@H](C)C(=O)NC2CCCCC2)cc1. The van der Waals surface area contributed by atoms with Gasteiger partial charge in [0, 0.05) is 18.7 Å². The van der Waals surface area contributed by atoms with Crippen LogP contribution in [-0.2, 0) is 14.3 Å². The maximum absolute atomic E-state index is 12.1. The molecule has 1 aromatic carbocycles. The van der Waals surface area contributed by atoms with Gasteiger partial charge in [0.25, 0.3) is 5.91 Å². The molecule has 2 amide bonds. The van der Waals surface area contributed by atoms with Crippen molar-refractivity contribution in [3.8, 4) is 0 Å². The van der Waals surface area contributed by atoms with E-state index in [-0.39, 0.29) is 17.9 Å². The molecule has 0 aliphatic heterocycles. The molecule has 1 atom stereocenters. The monoisotopic (exact) mass is 332 g/mol. The first-order valence-corrected chi connectivity index (χ1v) is 8.34. The Kier molecular flexibility index (Phi) is 6.35. The van der Waals surface area contributed by atoms with Gasteiger partial charge in [-0.05, 0) is 44.0 Å². The highest BCUT2D eigenvalue weighted by molar-refractivity contribution is 5.93. The van der Waals surface area contributed by atoms with Crippen LogP contribution in [0.25, 0.3) is 0 Å². The first-order valence-electron chi connectivity index (χ1n) is 8.34. The summed E-state index contributed by atoms with van der Waals surface area (Å²) in [5.74, 6) is -1.00. The molecule has 24 heavy (non-hydrogen) atoms. The maximum atomic E-state index is 12.1. The van der Waals surface area contributed by atoms with Crippen LogP contribution in [0.2, 0.25) is 0 Å². The summed E-state index contributed by atoms with van der Waals surface area (Å²) in [5, 5.41) is 5.56. The van der Waals surface area contributed by atoms with E-state index in [0.717, 1.165) is 25.7 Å². The fourth-order valence-corrected chi connectivity index (χ4v) is 2.74. The van der Waals surface area contributed by atoms with Crippen molar-refractivity contribution in [2.75, 3.05) is 5.32 Å². The third-order valence-electron chi connectivity index (χ3n) is 4.05. The van der Waals surface area contributed by atoms with Gasteiger partial charge in [0.05, 0.1) is 5.56 Å². The zero-order chi connectivity index (χ0) is 17.5. The number of esters is 1. The fourth-order valence-electron chi connectivity index (χ4n) is 2.74. The molecule has 0 bridgehead atoms. The molecule has 130 valence electrons. The highest BCUT2D eigenvalue weighted by Gasteiger charge is 2.22. The molecule has 1 aliphatic rings. The third kappa shape index (κ3) is 5.37. The molecule has 0 unspecified atom stereocenters. The molecule has 6 nitrogen and oxygen atoms in total. The number of benzene rings is 1. The molecule has 1 fully saturated rings. The van der Waals surface area contributed by atoms with Crippen LogP contribution in [0.3, 0.4) is 0 Å². The van der Waals surface area contributed by atoms with Gasteiger partial charge in [-0.3, -0.25) is 9.59 Å². The number of rotatable bonds is 5. The van der Waals surface area contributed by atoms with Gasteiger partial charge in [0.1, 0.15) is 0 Å². The Bertz CT molecular complexity index is 592. The van der Waals surface area contributed by atoms with Crippen molar-refractivity contribution in [1.82, 2.24) is 5.32 Å². The van der Waals surface area contributed by atoms with Crippen LogP contribution in [0.1, 0.15) is 56.3 Å². The molecule has 2 rings (SSSR count). The standard InChI is InChI=1S/C18H24N2O4/c1-12(17(22)20-15-6-4-3-5-7-15)24-18(23)14-8-10-16(11-9-14)19-13(2)21/h8-12,15H,3-7H2,1-2H3,(H,19,21)(H,20,22)/t12-/m1/s1. The van der Waals surface area contributed by atoms with E-state index in [4.69, 9.17) is 4.74 Å². The Balaban J connectivity index is 1.85. The fraction of sp³-hybridized carbons (Fsp3) is 0.500. The average molecular weight is 332 g/mol. The van der Waals surface area contributed by atoms with Crippen molar-refractivity contribution < 1.29 is 19.1 Å². The summed E-state index contributed by atoms with van der Waals surface area (Å²) in [6.07, 6.45) is 4.59. The predicted molar refractivity (Wildman–Crippen MR) is 90.6 cm³/mol. The first kappa shape index (κ1) is 18.0. The Labute approximate surface area is 142 Å². The van der Waals surface area contributed by atoms with E-state index in [2.05, 4.69) is 10.6 Å². The minimum atomic E-state index is -0.838. The molecule has 0 radical (unpaired) electrons. The quantitative estimate of drug-likeness (QED) is 0.812. The van der Waals surface area contributed by atoms with E-state index in [1.165, 1.54) is 13.3 Å². The van der Waals surface area contributed by atoms with E-state index in [1.807, 2.05) is 0 Å². The summed E-state index contributed by atoms with van der Waals surface area (Å²) in [7, 11) is 0. The van der Waals surface area contributed by atoms with Crippen LogP contribution in [0, 0.1) is 0 Å². The Morgan fingerprint density at radius 1 is 1.08 bits per heavy atom. The number of amides is 2. The minimum Gasteiger partial charge on any atom is -0.449 e. The van der Waals surface area contributed by atoms with Crippen molar-refractivity contribution in [3.05, 3.63) is 29.8 Å². The van der Waals surface area contributed by atoms with Crippen molar-refractivity contribution >= 4 is 23.5 Å². The maximum Gasteiger partial charge on any atom is 0.338 e. The van der Waals surface area contributed by atoms with Gasteiger partial charge in [0.15, 0.2) is 6.10 Å². The summed E-state index contributed by atoms with van der Waals surface area (Å²) in [6, 6.07) is 6.53. The Hall–Kier alpha value is -2.37. The van der Waals surface area contributed by atoms with E-state index in [1.54, 1.807) is 31.2 Å². The van der Waals surface area contributed by atoms with E-state index >= 15 is 0 Å². The van der Waals surface area contributed by atoms with E-state index in [0.29, 0.717) is 11.3 Å².